The minimum atomic E-state index is 0.140. The molecule has 1 unspecified atom stereocenters. The zero-order valence-electron chi connectivity index (χ0n) is 16.1. The maximum atomic E-state index is 12.4. The number of hydrogen-bond donors (Lipinski definition) is 0. The Morgan fingerprint density at radius 1 is 1.26 bits per heavy atom. The van der Waals surface area contributed by atoms with Gasteiger partial charge in [0.2, 0.25) is 5.91 Å². The fourth-order valence-corrected chi connectivity index (χ4v) is 4.17. The molecule has 1 aromatic heterocycles. The van der Waals surface area contributed by atoms with Gasteiger partial charge in [-0.05, 0) is 32.3 Å². The molecule has 2 aromatic rings. The van der Waals surface area contributed by atoms with Gasteiger partial charge >= 0.3 is 0 Å². The zero-order chi connectivity index (χ0) is 19.1. The number of carbonyl (C=O) groups excluding carboxylic acids is 1. The summed E-state index contributed by atoms with van der Waals surface area (Å²) in [6.07, 6.45) is 3.09. The quantitative estimate of drug-likeness (QED) is 0.618. The molecule has 0 bridgehead atoms. The topological polar surface area (TPSA) is 60.2 Å². The Labute approximate surface area is 165 Å². The van der Waals surface area contributed by atoms with Crippen molar-refractivity contribution < 1.29 is 9.53 Å². The van der Waals surface area contributed by atoms with E-state index >= 15 is 0 Å². The van der Waals surface area contributed by atoms with Crippen molar-refractivity contribution in [3.63, 3.8) is 0 Å². The average Bonchev–Trinajstić information content (AvgIpc) is 3.33. The molecule has 1 aliphatic heterocycles. The second-order valence-electron chi connectivity index (χ2n) is 6.66. The van der Waals surface area contributed by atoms with Gasteiger partial charge in [0, 0.05) is 26.1 Å². The van der Waals surface area contributed by atoms with Gasteiger partial charge in [0.15, 0.2) is 5.16 Å². The van der Waals surface area contributed by atoms with Crippen molar-refractivity contribution in [2.75, 3.05) is 25.4 Å². The lowest BCUT2D eigenvalue weighted by molar-refractivity contribution is -0.127. The molecule has 146 valence electrons. The molecule has 1 aliphatic rings. The molecule has 1 aromatic carbocycles. The van der Waals surface area contributed by atoms with Crippen LogP contribution in [0.4, 0.5) is 0 Å². The Morgan fingerprint density at radius 3 is 2.70 bits per heavy atom. The third-order valence-electron chi connectivity index (χ3n) is 4.85. The molecule has 3 rings (SSSR count). The molecule has 2 heterocycles. The molecule has 7 heteroatoms. The van der Waals surface area contributed by atoms with Crippen LogP contribution >= 0.6 is 11.8 Å². The Kier molecular flexibility index (Phi) is 7.29. The molecule has 1 fully saturated rings. The number of amides is 1. The second-order valence-corrected chi connectivity index (χ2v) is 7.60. The van der Waals surface area contributed by atoms with Gasteiger partial charge in [0.25, 0.3) is 0 Å². The van der Waals surface area contributed by atoms with E-state index in [1.54, 1.807) is 0 Å². The highest BCUT2D eigenvalue weighted by Gasteiger charge is 2.22. The van der Waals surface area contributed by atoms with Gasteiger partial charge in [-0.25, -0.2) is 0 Å². The van der Waals surface area contributed by atoms with Gasteiger partial charge in [0.05, 0.1) is 18.4 Å². The monoisotopic (exact) mass is 388 g/mol. The normalized spacial score (nSPS) is 16.6. The molecule has 0 aliphatic carbocycles. The number of benzene rings is 1. The number of aromatic nitrogens is 3. The summed E-state index contributed by atoms with van der Waals surface area (Å²) in [7, 11) is 0. The van der Waals surface area contributed by atoms with Crippen molar-refractivity contribution in [2.45, 2.75) is 50.9 Å². The SMILES string of the molecule is CCN(CC)C(=O)CSc1nnc(Cc2ccccc2)n1CC1CCCO1. The van der Waals surface area contributed by atoms with Crippen LogP contribution in [0, 0.1) is 0 Å². The van der Waals surface area contributed by atoms with E-state index in [1.165, 1.54) is 17.3 Å². The van der Waals surface area contributed by atoms with Crippen LogP contribution in [0.15, 0.2) is 35.5 Å². The summed E-state index contributed by atoms with van der Waals surface area (Å²) >= 11 is 1.47. The molecule has 1 amide bonds. The maximum absolute atomic E-state index is 12.4. The number of carbonyl (C=O) groups is 1. The van der Waals surface area contributed by atoms with E-state index in [2.05, 4.69) is 26.9 Å². The van der Waals surface area contributed by atoms with Crippen LogP contribution < -0.4 is 0 Å². The van der Waals surface area contributed by atoms with Crippen LogP contribution in [0.2, 0.25) is 0 Å². The van der Waals surface area contributed by atoms with Crippen molar-refractivity contribution in [1.29, 1.82) is 0 Å². The van der Waals surface area contributed by atoms with Gasteiger partial charge < -0.3 is 14.2 Å². The number of hydrogen-bond acceptors (Lipinski definition) is 5. The maximum Gasteiger partial charge on any atom is 0.233 e. The number of nitrogens with zero attached hydrogens (tertiary/aromatic N) is 4. The Bertz CT molecular complexity index is 725. The van der Waals surface area contributed by atoms with Gasteiger partial charge in [-0.3, -0.25) is 4.79 Å². The summed E-state index contributed by atoms with van der Waals surface area (Å²) < 4.78 is 7.97. The number of thioether (sulfide) groups is 1. The summed E-state index contributed by atoms with van der Waals surface area (Å²) in [5.74, 6) is 1.45. The molecule has 1 atom stereocenters. The Morgan fingerprint density at radius 2 is 2.04 bits per heavy atom. The highest BCUT2D eigenvalue weighted by Crippen LogP contribution is 2.23. The fraction of sp³-hybridized carbons (Fsp3) is 0.550. The molecule has 0 N–H and O–H groups in total. The first-order valence-electron chi connectivity index (χ1n) is 9.69. The molecule has 27 heavy (non-hydrogen) atoms. The van der Waals surface area contributed by atoms with E-state index in [4.69, 9.17) is 4.74 Å². The molecule has 6 nitrogen and oxygen atoms in total. The Balaban J connectivity index is 1.74. The molecule has 0 spiro atoms. The van der Waals surface area contributed by atoms with E-state index in [1.807, 2.05) is 36.9 Å². The fourth-order valence-electron chi connectivity index (χ4n) is 3.30. The van der Waals surface area contributed by atoms with E-state index in [9.17, 15) is 4.79 Å². The largest absolute Gasteiger partial charge is 0.376 e. The smallest absolute Gasteiger partial charge is 0.233 e. The van der Waals surface area contributed by atoms with Crippen LogP contribution in [0.5, 0.6) is 0 Å². The van der Waals surface area contributed by atoms with Crippen molar-refractivity contribution >= 4 is 17.7 Å². The second kappa shape index (κ2) is 9.90. The van der Waals surface area contributed by atoms with Crippen LogP contribution in [0.1, 0.15) is 38.1 Å². The van der Waals surface area contributed by atoms with Crippen molar-refractivity contribution in [1.82, 2.24) is 19.7 Å². The highest BCUT2D eigenvalue weighted by atomic mass is 32.2. The minimum Gasteiger partial charge on any atom is -0.376 e. The molecule has 0 saturated carbocycles. The van der Waals surface area contributed by atoms with Gasteiger partial charge in [-0.1, -0.05) is 42.1 Å². The van der Waals surface area contributed by atoms with Crippen LogP contribution in [-0.2, 0) is 22.5 Å². The van der Waals surface area contributed by atoms with Crippen LogP contribution in [-0.4, -0.2) is 57.1 Å². The van der Waals surface area contributed by atoms with Crippen LogP contribution in [0.25, 0.3) is 0 Å². The van der Waals surface area contributed by atoms with Gasteiger partial charge in [-0.2, -0.15) is 0 Å². The van der Waals surface area contributed by atoms with Crippen LogP contribution in [0.3, 0.4) is 0 Å². The molecule has 1 saturated heterocycles. The predicted octanol–water partition coefficient (Wildman–Crippen LogP) is 3.01. The predicted molar refractivity (Wildman–Crippen MR) is 107 cm³/mol. The molecule has 0 radical (unpaired) electrons. The van der Waals surface area contributed by atoms with Crippen molar-refractivity contribution in [2.24, 2.45) is 0 Å². The molecular weight excluding hydrogens is 360 g/mol. The minimum absolute atomic E-state index is 0.140. The van der Waals surface area contributed by atoms with E-state index in [-0.39, 0.29) is 12.0 Å². The standard InChI is InChI=1S/C20H28N4O2S/c1-3-23(4-2)19(25)15-27-20-22-21-18(13-16-9-6-5-7-10-16)24(20)14-17-11-8-12-26-17/h5-7,9-10,17H,3-4,8,11-15H2,1-2H3. The number of rotatable bonds is 9. The summed E-state index contributed by atoms with van der Waals surface area (Å²) in [6.45, 7) is 7.05. The first kappa shape index (κ1) is 19.9. The third-order valence-corrected chi connectivity index (χ3v) is 5.80. The van der Waals surface area contributed by atoms with Gasteiger partial charge in [0.1, 0.15) is 5.82 Å². The lowest BCUT2D eigenvalue weighted by Gasteiger charge is -2.18. The van der Waals surface area contributed by atoms with E-state index in [0.717, 1.165) is 56.5 Å². The van der Waals surface area contributed by atoms with E-state index in [0.29, 0.717) is 5.75 Å². The van der Waals surface area contributed by atoms with Crippen molar-refractivity contribution in [3.05, 3.63) is 41.7 Å². The first-order chi connectivity index (χ1) is 13.2. The Hall–Kier alpha value is -1.86. The average molecular weight is 389 g/mol. The summed E-state index contributed by atoms with van der Waals surface area (Å²) in [5, 5.41) is 9.62. The van der Waals surface area contributed by atoms with Crippen molar-refractivity contribution in [3.8, 4) is 0 Å². The lowest BCUT2D eigenvalue weighted by atomic mass is 10.1. The first-order valence-corrected chi connectivity index (χ1v) is 10.7. The third kappa shape index (κ3) is 5.32. The number of ether oxygens (including phenoxy) is 1. The van der Waals surface area contributed by atoms with Gasteiger partial charge in [-0.15, -0.1) is 10.2 Å². The lowest BCUT2D eigenvalue weighted by Crippen LogP contribution is -2.32. The molecular formula is C20H28N4O2S. The van der Waals surface area contributed by atoms with E-state index < -0.39 is 0 Å². The highest BCUT2D eigenvalue weighted by molar-refractivity contribution is 7.99. The zero-order valence-corrected chi connectivity index (χ0v) is 17.0. The summed E-state index contributed by atoms with van der Waals surface area (Å²) in [4.78, 5) is 14.2. The summed E-state index contributed by atoms with van der Waals surface area (Å²) in [6, 6.07) is 10.3. The summed E-state index contributed by atoms with van der Waals surface area (Å²) in [5.41, 5.74) is 1.20.